The van der Waals surface area contributed by atoms with Crippen LogP contribution in [0, 0.1) is 0 Å². The number of phosphoric ester groups is 1. The van der Waals surface area contributed by atoms with Gasteiger partial charge in [-0.1, -0.05) is 0 Å². The monoisotopic (exact) mass is 465 g/mol. The molecule has 0 amide bonds. The number of nitrogens with zero attached hydrogens (tertiary/aromatic N) is 2. The Labute approximate surface area is 157 Å². The van der Waals surface area contributed by atoms with Gasteiger partial charge in [-0.3, -0.25) is 9.09 Å². The number of hydrogen-bond donors (Lipinski definition) is 5. The van der Waals surface area contributed by atoms with E-state index in [-0.39, 0.29) is 12.4 Å². The van der Waals surface area contributed by atoms with Crippen LogP contribution < -0.4 is 11.4 Å². The van der Waals surface area contributed by atoms with E-state index in [2.05, 4.69) is 18.1 Å². The van der Waals surface area contributed by atoms with Crippen LogP contribution in [0.15, 0.2) is 17.1 Å². The number of aromatic nitrogens is 2. The van der Waals surface area contributed by atoms with Crippen LogP contribution in [-0.4, -0.2) is 47.9 Å². The minimum absolute atomic E-state index is 0.0717. The van der Waals surface area contributed by atoms with E-state index in [0.29, 0.717) is 12.8 Å². The first kappa shape index (κ1) is 23.3. The lowest BCUT2D eigenvalue weighted by Gasteiger charge is -2.18. The van der Waals surface area contributed by atoms with Crippen LogP contribution in [0.5, 0.6) is 0 Å². The molecule has 0 saturated carbocycles. The summed E-state index contributed by atoms with van der Waals surface area (Å²) in [4.78, 5) is 50.6. The fraction of sp³-hybridized carbons (Fsp3) is 0.600. The van der Waals surface area contributed by atoms with Crippen LogP contribution in [0.4, 0.5) is 5.82 Å². The normalized spacial score (nSPS) is 24.6. The molecule has 6 N–H and O–H groups in total. The zero-order chi connectivity index (χ0) is 21.2. The molecule has 15 nitrogen and oxygen atoms in total. The standard InChI is InChI=1S/C10H18N3O12P3/c11-9-3-4-13(10(14)12-9)5-7-1-2-8(23-7)6-22-27(18,19)25-28(20,21)24-26(15,16)17/h3-4,7-8H,1-2,5-6H2,(H,18,19)(H,20,21)(H2,11,12,14)(H2,15,16,17). The molecule has 0 radical (unpaired) electrons. The Morgan fingerprint density at radius 2 is 1.79 bits per heavy atom. The molecule has 0 aromatic carbocycles. The van der Waals surface area contributed by atoms with Crippen LogP contribution in [-0.2, 0) is 38.1 Å². The van der Waals surface area contributed by atoms with E-state index >= 15 is 0 Å². The molecule has 1 aromatic rings. The molecule has 4 unspecified atom stereocenters. The lowest BCUT2D eigenvalue weighted by Crippen LogP contribution is -2.29. The van der Waals surface area contributed by atoms with Gasteiger partial charge in [-0.15, -0.1) is 0 Å². The quantitative estimate of drug-likeness (QED) is 0.295. The smallest absolute Gasteiger partial charge is 0.383 e. The molecule has 18 heteroatoms. The Hall–Kier alpha value is -0.950. The maximum atomic E-state index is 11.7. The molecule has 0 bridgehead atoms. The van der Waals surface area contributed by atoms with Gasteiger partial charge >= 0.3 is 29.2 Å². The van der Waals surface area contributed by atoms with Crippen LogP contribution in [0.3, 0.4) is 0 Å². The van der Waals surface area contributed by atoms with Crippen LogP contribution in [0.2, 0.25) is 0 Å². The molecule has 2 rings (SSSR count). The van der Waals surface area contributed by atoms with E-state index in [4.69, 9.17) is 25.2 Å². The number of phosphoric acid groups is 3. The molecule has 1 fully saturated rings. The summed E-state index contributed by atoms with van der Waals surface area (Å²) in [6.07, 6.45) is 1.15. The van der Waals surface area contributed by atoms with Crippen molar-refractivity contribution >= 4 is 29.3 Å². The SMILES string of the molecule is Nc1ccn(CC2CCC(COP(=O)(O)OP(=O)(O)OP(=O)(O)O)O2)c(=O)n1. The fourth-order valence-corrected chi connectivity index (χ4v) is 5.37. The predicted octanol–water partition coefficient (Wildman–Crippen LogP) is -0.284. The lowest BCUT2D eigenvalue weighted by atomic mass is 10.2. The summed E-state index contributed by atoms with van der Waals surface area (Å²) in [7, 11) is -16.2. The average molecular weight is 465 g/mol. The highest BCUT2D eigenvalue weighted by atomic mass is 31.3. The van der Waals surface area contributed by atoms with Gasteiger partial charge < -0.3 is 30.0 Å². The zero-order valence-electron chi connectivity index (χ0n) is 14.0. The number of anilines is 1. The molecule has 2 heterocycles. The first-order valence-electron chi connectivity index (χ1n) is 7.51. The number of nitrogens with two attached hydrogens (primary N) is 1. The van der Waals surface area contributed by atoms with Crippen LogP contribution in [0.1, 0.15) is 12.8 Å². The molecule has 1 aliphatic heterocycles. The first-order chi connectivity index (χ1) is 12.7. The highest BCUT2D eigenvalue weighted by molar-refractivity contribution is 7.66. The fourth-order valence-electron chi connectivity index (χ4n) is 2.32. The highest BCUT2D eigenvalue weighted by Crippen LogP contribution is 2.66. The van der Waals surface area contributed by atoms with Crippen LogP contribution >= 0.6 is 23.5 Å². The second kappa shape index (κ2) is 8.82. The summed E-state index contributed by atoms with van der Waals surface area (Å²) in [5, 5.41) is 0. The summed E-state index contributed by atoms with van der Waals surface area (Å²) < 4.78 is 51.9. The van der Waals surface area contributed by atoms with Gasteiger partial charge in [0.2, 0.25) is 0 Å². The van der Waals surface area contributed by atoms with E-state index in [1.165, 1.54) is 16.8 Å². The van der Waals surface area contributed by atoms with Gasteiger partial charge in [0.15, 0.2) is 0 Å². The zero-order valence-corrected chi connectivity index (χ0v) is 16.7. The minimum Gasteiger partial charge on any atom is -0.383 e. The number of hydrogen-bond acceptors (Lipinski definition) is 10. The van der Waals surface area contributed by atoms with E-state index in [1.807, 2.05) is 0 Å². The molecule has 0 aliphatic carbocycles. The van der Waals surface area contributed by atoms with Crippen molar-refractivity contribution in [2.24, 2.45) is 0 Å². The van der Waals surface area contributed by atoms with Gasteiger partial charge in [-0.05, 0) is 18.9 Å². The van der Waals surface area contributed by atoms with Crippen molar-refractivity contribution < 1.29 is 51.2 Å². The van der Waals surface area contributed by atoms with E-state index in [1.54, 1.807) is 0 Å². The molecule has 1 saturated heterocycles. The summed E-state index contributed by atoms with van der Waals surface area (Å²) in [5.74, 6) is 0.0717. The van der Waals surface area contributed by atoms with E-state index in [0.717, 1.165) is 0 Å². The first-order valence-corrected chi connectivity index (χ1v) is 12.0. The summed E-state index contributed by atoms with van der Waals surface area (Å²) in [6, 6.07) is 1.43. The molecular formula is C10H18N3O12P3. The molecule has 1 aromatic heterocycles. The minimum atomic E-state index is -5.56. The van der Waals surface area contributed by atoms with Crippen molar-refractivity contribution in [3.05, 3.63) is 22.7 Å². The second-order valence-corrected chi connectivity index (χ2v) is 10.1. The Bertz CT molecular complexity index is 899. The van der Waals surface area contributed by atoms with Gasteiger partial charge in [0.25, 0.3) is 0 Å². The predicted molar refractivity (Wildman–Crippen MR) is 90.6 cm³/mol. The van der Waals surface area contributed by atoms with Crippen molar-refractivity contribution in [1.29, 1.82) is 0 Å². The number of nitrogen functional groups attached to an aromatic ring is 1. The van der Waals surface area contributed by atoms with Gasteiger partial charge in [-0.25, -0.2) is 18.5 Å². The Morgan fingerprint density at radius 1 is 1.14 bits per heavy atom. The van der Waals surface area contributed by atoms with E-state index < -0.39 is 48.0 Å². The highest BCUT2D eigenvalue weighted by Gasteiger charge is 2.41. The van der Waals surface area contributed by atoms with Crippen molar-refractivity contribution in [3.8, 4) is 0 Å². The Kier molecular flexibility index (Phi) is 7.35. The molecule has 4 atom stereocenters. The summed E-state index contributed by atoms with van der Waals surface area (Å²) in [6.45, 7) is -0.382. The van der Waals surface area contributed by atoms with E-state index in [9.17, 15) is 23.4 Å². The van der Waals surface area contributed by atoms with Gasteiger partial charge in [0.1, 0.15) is 5.82 Å². The third-order valence-electron chi connectivity index (χ3n) is 3.33. The van der Waals surface area contributed by atoms with Crippen molar-refractivity contribution in [1.82, 2.24) is 9.55 Å². The lowest BCUT2D eigenvalue weighted by molar-refractivity contribution is 0.00386. The maximum Gasteiger partial charge on any atom is 0.490 e. The average Bonchev–Trinajstić information content (AvgIpc) is 2.92. The number of rotatable bonds is 9. The summed E-state index contributed by atoms with van der Waals surface area (Å²) >= 11 is 0. The Balaban J connectivity index is 1.85. The van der Waals surface area contributed by atoms with Gasteiger partial charge in [0.05, 0.1) is 25.4 Å². The third-order valence-corrected chi connectivity index (χ3v) is 7.13. The van der Waals surface area contributed by atoms with Crippen molar-refractivity contribution in [2.45, 2.75) is 31.6 Å². The molecule has 28 heavy (non-hydrogen) atoms. The maximum absolute atomic E-state index is 11.7. The summed E-state index contributed by atoms with van der Waals surface area (Å²) in [5.41, 5.74) is 4.82. The molecular weight excluding hydrogens is 447 g/mol. The third kappa shape index (κ3) is 7.82. The largest absolute Gasteiger partial charge is 0.490 e. The Morgan fingerprint density at radius 3 is 2.39 bits per heavy atom. The molecule has 1 aliphatic rings. The van der Waals surface area contributed by atoms with Gasteiger partial charge in [0, 0.05) is 6.20 Å². The number of ether oxygens (including phenoxy) is 1. The second-order valence-electron chi connectivity index (χ2n) is 5.63. The molecule has 160 valence electrons. The topological polar surface area (TPSA) is 230 Å². The van der Waals surface area contributed by atoms with Gasteiger partial charge in [-0.2, -0.15) is 13.6 Å². The molecule has 0 spiro atoms. The van der Waals surface area contributed by atoms with Crippen LogP contribution in [0.25, 0.3) is 0 Å². The van der Waals surface area contributed by atoms with Crippen molar-refractivity contribution in [3.63, 3.8) is 0 Å². The van der Waals surface area contributed by atoms with Crippen molar-refractivity contribution in [2.75, 3.05) is 12.3 Å².